The number of fused-ring (bicyclic) bond motifs is 5. The Kier molecular flexibility index (Phi) is 7.43. The van der Waals surface area contributed by atoms with E-state index in [1.807, 2.05) is 16.8 Å². The lowest BCUT2D eigenvalue weighted by Crippen LogP contribution is -2.51. The van der Waals surface area contributed by atoms with E-state index in [9.17, 15) is 14.3 Å². The first kappa shape index (κ1) is 30.6. The van der Waals surface area contributed by atoms with E-state index in [1.165, 1.54) is 11.1 Å². The van der Waals surface area contributed by atoms with Gasteiger partial charge in [0.25, 0.3) is 5.91 Å². The van der Waals surface area contributed by atoms with Crippen molar-refractivity contribution < 1.29 is 19.0 Å². The molecular formula is C35H45FN8O3. The summed E-state index contributed by atoms with van der Waals surface area (Å²) in [4.78, 5) is 31.5. The Balaban J connectivity index is 1.18. The number of nitrogens with zero attached hydrogens (tertiary/aromatic N) is 8. The number of benzene rings is 1. The number of rotatable bonds is 5. The zero-order valence-electron chi connectivity index (χ0n) is 27.7. The number of phenols is 1. The summed E-state index contributed by atoms with van der Waals surface area (Å²) in [5.74, 6) is 1.03. The number of likely N-dealkylation sites (N-methyl/N-ethyl adjacent to an activating group) is 1. The summed E-state index contributed by atoms with van der Waals surface area (Å²) in [5, 5.41) is 15.2. The third-order valence-electron chi connectivity index (χ3n) is 11.4. The molecule has 5 aliphatic rings. The van der Waals surface area contributed by atoms with Crippen LogP contribution in [-0.2, 0) is 38.0 Å². The van der Waals surface area contributed by atoms with E-state index in [0.717, 1.165) is 80.9 Å². The number of aromatic hydroxyl groups is 1. The first-order chi connectivity index (χ1) is 22.6. The molecule has 1 unspecified atom stereocenters. The van der Waals surface area contributed by atoms with Crippen molar-refractivity contribution in [2.24, 2.45) is 0 Å². The highest BCUT2D eigenvalue weighted by molar-refractivity contribution is 5.92. The van der Waals surface area contributed by atoms with Crippen molar-refractivity contribution in [1.82, 2.24) is 34.4 Å². The van der Waals surface area contributed by atoms with Crippen molar-refractivity contribution in [1.29, 1.82) is 0 Å². The summed E-state index contributed by atoms with van der Waals surface area (Å²) in [6, 6.07) is 8.05. The second-order valence-electron chi connectivity index (χ2n) is 14.6. The molecule has 8 rings (SSSR count). The Morgan fingerprint density at radius 2 is 1.98 bits per heavy atom. The van der Waals surface area contributed by atoms with E-state index in [2.05, 4.69) is 32.9 Å². The number of aryl methyl sites for hydroxylation is 2. The second kappa shape index (κ2) is 11.4. The van der Waals surface area contributed by atoms with Crippen LogP contribution in [0.5, 0.6) is 11.8 Å². The Hall–Kier alpha value is -3.77. The molecule has 2 saturated heterocycles. The van der Waals surface area contributed by atoms with E-state index < -0.39 is 6.17 Å². The quantitative estimate of drug-likeness (QED) is 0.446. The molecule has 2 aromatic heterocycles. The molecule has 4 aliphatic heterocycles. The monoisotopic (exact) mass is 644 g/mol. The smallest absolute Gasteiger partial charge is 0.318 e. The number of halogens is 1. The molecule has 1 aliphatic carbocycles. The molecule has 11 nitrogen and oxygen atoms in total. The maximum Gasteiger partial charge on any atom is 0.318 e. The Morgan fingerprint density at radius 1 is 1.11 bits per heavy atom. The standard InChI is InChI=1S/C35H45FN8O3/c1-40(2)32(46)29-15-25-20-42(12-6-14-44(25)39-29)31-27-21-41(3)35(11-4-7-23-8-9-26(45)16-28(23)35)18-30(27)37-33(38-31)47-22-34-10-5-13-43(34)19-24(36)17-34/h8-9,15-16,24,45H,4-7,10-14,17-22H2,1-3H3/t24-,34+,35?/m1/s1. The first-order valence-electron chi connectivity index (χ1n) is 17.1. The third-order valence-corrected chi connectivity index (χ3v) is 11.4. The van der Waals surface area contributed by atoms with Crippen molar-refractivity contribution in [3.63, 3.8) is 0 Å². The van der Waals surface area contributed by atoms with Crippen LogP contribution in [0.15, 0.2) is 24.3 Å². The number of carbonyl (C=O) groups excluding carboxylic acids is 1. The van der Waals surface area contributed by atoms with Crippen molar-refractivity contribution in [2.45, 2.75) is 88.3 Å². The minimum absolute atomic E-state index is 0.110. The molecule has 0 radical (unpaired) electrons. The van der Waals surface area contributed by atoms with Crippen LogP contribution in [0.4, 0.5) is 10.2 Å². The number of alkyl halides is 1. The Labute approximate surface area is 275 Å². The summed E-state index contributed by atoms with van der Waals surface area (Å²) in [7, 11) is 5.66. The number of hydrogen-bond donors (Lipinski definition) is 1. The average Bonchev–Trinajstić information content (AvgIpc) is 3.67. The molecular weight excluding hydrogens is 599 g/mol. The van der Waals surface area contributed by atoms with Crippen LogP contribution in [0.3, 0.4) is 0 Å². The first-order valence-corrected chi connectivity index (χ1v) is 17.1. The van der Waals surface area contributed by atoms with Crippen molar-refractivity contribution >= 4 is 11.7 Å². The van der Waals surface area contributed by atoms with Crippen LogP contribution in [-0.4, -0.2) is 105 Å². The molecule has 3 atom stereocenters. The topological polar surface area (TPSA) is 103 Å². The highest BCUT2D eigenvalue weighted by Gasteiger charge is 2.50. The molecule has 250 valence electrons. The molecule has 1 amide bonds. The molecule has 0 saturated carbocycles. The van der Waals surface area contributed by atoms with Crippen LogP contribution in [0.25, 0.3) is 0 Å². The summed E-state index contributed by atoms with van der Waals surface area (Å²) in [5.41, 5.74) is 5.33. The maximum atomic E-state index is 14.6. The summed E-state index contributed by atoms with van der Waals surface area (Å²) in [6.07, 6.45) is 6.18. The predicted octanol–water partition coefficient (Wildman–Crippen LogP) is 3.67. The molecule has 6 heterocycles. The van der Waals surface area contributed by atoms with Gasteiger partial charge in [0, 0.05) is 58.7 Å². The fourth-order valence-electron chi connectivity index (χ4n) is 9.06. The van der Waals surface area contributed by atoms with Crippen LogP contribution < -0.4 is 9.64 Å². The summed E-state index contributed by atoms with van der Waals surface area (Å²) >= 11 is 0. The number of hydrogen-bond acceptors (Lipinski definition) is 9. The molecule has 1 N–H and O–H groups in total. The largest absolute Gasteiger partial charge is 0.508 e. The van der Waals surface area contributed by atoms with E-state index in [-0.39, 0.29) is 22.7 Å². The van der Waals surface area contributed by atoms with Gasteiger partial charge in [0.15, 0.2) is 5.69 Å². The second-order valence-corrected chi connectivity index (χ2v) is 14.6. The fraction of sp³-hybridized carbons (Fsp3) is 0.600. The fourth-order valence-corrected chi connectivity index (χ4v) is 9.06. The van der Waals surface area contributed by atoms with Gasteiger partial charge in [-0.15, -0.1) is 0 Å². The Bertz CT molecular complexity index is 1710. The van der Waals surface area contributed by atoms with Crippen molar-refractivity contribution in [3.8, 4) is 11.8 Å². The van der Waals surface area contributed by atoms with Gasteiger partial charge in [0.05, 0.1) is 29.0 Å². The van der Waals surface area contributed by atoms with Crippen molar-refractivity contribution in [2.75, 3.05) is 52.3 Å². The van der Waals surface area contributed by atoms with Crippen molar-refractivity contribution in [3.05, 3.63) is 58.0 Å². The van der Waals surface area contributed by atoms with E-state index in [0.29, 0.717) is 50.8 Å². The molecule has 1 aromatic carbocycles. The van der Waals surface area contributed by atoms with Gasteiger partial charge in [-0.1, -0.05) is 6.07 Å². The predicted molar refractivity (Wildman–Crippen MR) is 174 cm³/mol. The number of phenolic OH excluding ortho intramolecular Hbond substituents is 1. The number of carbonyl (C=O) groups is 1. The highest BCUT2D eigenvalue weighted by Crippen LogP contribution is 2.48. The normalized spacial score (nSPS) is 27.2. The maximum absolute atomic E-state index is 14.6. The van der Waals surface area contributed by atoms with Gasteiger partial charge in [-0.05, 0) is 81.4 Å². The SMILES string of the molecule is CN(C)C(=O)c1cc2n(n1)CCCN(c1nc(OC[C@@]34CCCN3C[C@H](F)C4)nc3c1CN(C)C1(CCCc4ccc(O)cc41)C3)C2. The highest BCUT2D eigenvalue weighted by atomic mass is 19.1. The zero-order chi connectivity index (χ0) is 32.5. The van der Waals surface area contributed by atoms with Gasteiger partial charge in [0.1, 0.15) is 24.3 Å². The Morgan fingerprint density at radius 3 is 2.83 bits per heavy atom. The molecule has 3 aromatic rings. The van der Waals surface area contributed by atoms with Crippen LogP contribution in [0.2, 0.25) is 0 Å². The van der Waals surface area contributed by atoms with Crippen LogP contribution >= 0.6 is 0 Å². The minimum atomic E-state index is -0.830. The molecule has 47 heavy (non-hydrogen) atoms. The van der Waals surface area contributed by atoms with Gasteiger partial charge in [0.2, 0.25) is 0 Å². The lowest BCUT2D eigenvalue weighted by molar-refractivity contribution is 0.0711. The summed E-state index contributed by atoms with van der Waals surface area (Å²) in [6.45, 7) is 4.45. The number of anilines is 1. The third kappa shape index (κ3) is 5.15. The van der Waals surface area contributed by atoms with Crippen LogP contribution in [0.1, 0.15) is 77.1 Å². The lowest BCUT2D eigenvalue weighted by atomic mass is 9.70. The van der Waals surface area contributed by atoms with E-state index in [4.69, 9.17) is 14.7 Å². The summed E-state index contributed by atoms with van der Waals surface area (Å²) < 4.78 is 23.1. The molecule has 1 spiro atoms. The molecule has 0 bridgehead atoms. The molecule has 12 heteroatoms. The number of ether oxygens (including phenoxy) is 1. The number of aromatic nitrogens is 4. The van der Waals surface area contributed by atoms with Gasteiger partial charge < -0.3 is 19.6 Å². The average molecular weight is 645 g/mol. The lowest BCUT2D eigenvalue weighted by Gasteiger charge is -2.49. The van der Waals surface area contributed by atoms with Gasteiger partial charge in [-0.3, -0.25) is 19.3 Å². The van der Waals surface area contributed by atoms with Gasteiger partial charge in [-0.25, -0.2) is 4.39 Å². The van der Waals surface area contributed by atoms with Gasteiger partial charge in [-0.2, -0.15) is 15.1 Å². The van der Waals surface area contributed by atoms with E-state index in [1.54, 1.807) is 25.1 Å². The van der Waals surface area contributed by atoms with Crippen LogP contribution in [0, 0.1) is 0 Å². The van der Waals surface area contributed by atoms with Gasteiger partial charge >= 0.3 is 6.01 Å². The minimum Gasteiger partial charge on any atom is -0.508 e. The zero-order valence-corrected chi connectivity index (χ0v) is 27.7. The molecule has 2 fully saturated rings. The van der Waals surface area contributed by atoms with E-state index >= 15 is 0 Å². The number of amides is 1.